The van der Waals surface area contributed by atoms with E-state index >= 15 is 0 Å². The fourth-order valence-corrected chi connectivity index (χ4v) is 2.55. The minimum Gasteiger partial charge on any atom is -0.464 e. The van der Waals surface area contributed by atoms with Gasteiger partial charge < -0.3 is 14.4 Å². The molecule has 1 heterocycles. The van der Waals surface area contributed by atoms with Crippen molar-refractivity contribution < 1.29 is 9.52 Å². The van der Waals surface area contributed by atoms with E-state index in [4.69, 9.17) is 4.42 Å². The molecule has 1 atom stereocenters. The van der Waals surface area contributed by atoms with Gasteiger partial charge in [-0.1, -0.05) is 32.0 Å². The normalized spacial score (nSPS) is 13.6. The molecule has 0 saturated heterocycles. The number of furan rings is 1. The van der Waals surface area contributed by atoms with Crippen LogP contribution >= 0.6 is 0 Å². The quantitative estimate of drug-likeness (QED) is 0.868. The molecule has 0 radical (unpaired) electrons. The van der Waals surface area contributed by atoms with Gasteiger partial charge in [-0.25, -0.2) is 0 Å². The average Bonchev–Trinajstić information content (AvgIpc) is 2.80. The molecule has 1 aromatic carbocycles. The third-order valence-electron chi connectivity index (χ3n) is 3.82. The van der Waals surface area contributed by atoms with Gasteiger partial charge in [-0.3, -0.25) is 0 Å². The van der Waals surface area contributed by atoms with Crippen molar-refractivity contribution in [2.24, 2.45) is 5.92 Å². The molecule has 1 N–H and O–H groups in total. The Labute approximate surface area is 114 Å². The van der Waals surface area contributed by atoms with Gasteiger partial charge in [-0.05, 0) is 31.0 Å². The summed E-state index contributed by atoms with van der Waals surface area (Å²) >= 11 is 0. The van der Waals surface area contributed by atoms with Gasteiger partial charge in [0.1, 0.15) is 5.58 Å². The number of aliphatic hydroxyl groups excluding tert-OH is 1. The number of benzene rings is 1. The van der Waals surface area contributed by atoms with Crippen LogP contribution in [0.5, 0.6) is 0 Å². The summed E-state index contributed by atoms with van der Waals surface area (Å²) in [5.41, 5.74) is 2.19. The van der Waals surface area contributed by atoms with Gasteiger partial charge >= 0.3 is 0 Å². The molecule has 1 unspecified atom stereocenters. The van der Waals surface area contributed by atoms with E-state index in [-0.39, 0.29) is 12.6 Å². The lowest BCUT2D eigenvalue weighted by atomic mass is 10.0. The summed E-state index contributed by atoms with van der Waals surface area (Å²) in [6.45, 7) is 5.42. The Morgan fingerprint density at radius 1 is 1.26 bits per heavy atom. The first-order valence-electron chi connectivity index (χ1n) is 6.89. The van der Waals surface area contributed by atoms with Crippen molar-refractivity contribution in [2.45, 2.75) is 26.3 Å². The van der Waals surface area contributed by atoms with Crippen LogP contribution in [0.2, 0.25) is 0 Å². The third kappa shape index (κ3) is 3.17. The minimum atomic E-state index is 0.209. The van der Waals surface area contributed by atoms with E-state index in [1.54, 1.807) is 0 Å². The van der Waals surface area contributed by atoms with Crippen molar-refractivity contribution in [3.05, 3.63) is 36.1 Å². The molecule has 2 aromatic rings. The summed E-state index contributed by atoms with van der Waals surface area (Å²) < 4.78 is 5.55. The van der Waals surface area contributed by atoms with Gasteiger partial charge in [0.25, 0.3) is 0 Å². The van der Waals surface area contributed by atoms with E-state index in [0.29, 0.717) is 5.92 Å². The minimum absolute atomic E-state index is 0.209. The number of para-hydroxylation sites is 1. The Kier molecular flexibility index (Phi) is 4.61. The van der Waals surface area contributed by atoms with Gasteiger partial charge in [-0.15, -0.1) is 0 Å². The highest BCUT2D eigenvalue weighted by Gasteiger charge is 2.17. The third-order valence-corrected chi connectivity index (χ3v) is 3.82. The number of nitrogens with zero attached hydrogens (tertiary/aromatic N) is 1. The summed E-state index contributed by atoms with van der Waals surface area (Å²) in [5.74, 6) is 0.455. The predicted molar refractivity (Wildman–Crippen MR) is 78.3 cm³/mol. The first-order chi connectivity index (χ1) is 9.13. The van der Waals surface area contributed by atoms with Crippen LogP contribution in [0.25, 0.3) is 11.0 Å². The zero-order valence-corrected chi connectivity index (χ0v) is 12.0. The molecule has 1 aromatic heterocycles. The lowest BCUT2D eigenvalue weighted by Gasteiger charge is -2.29. The molecule has 0 fully saturated rings. The summed E-state index contributed by atoms with van der Waals surface area (Å²) in [7, 11) is 2.07. The Morgan fingerprint density at radius 2 is 2.00 bits per heavy atom. The molecular formula is C16H23NO2. The zero-order chi connectivity index (χ0) is 13.8. The van der Waals surface area contributed by atoms with Crippen molar-refractivity contribution >= 4 is 11.0 Å². The Bertz CT molecular complexity index is 518. The summed E-state index contributed by atoms with van der Waals surface area (Å²) in [6, 6.07) is 8.34. The molecule has 104 valence electrons. The van der Waals surface area contributed by atoms with Crippen molar-refractivity contribution in [1.29, 1.82) is 0 Å². The molecule has 0 aliphatic rings. The van der Waals surface area contributed by atoms with Crippen LogP contribution in [-0.4, -0.2) is 36.2 Å². The fraction of sp³-hybridized carbons (Fsp3) is 0.500. The molecule has 0 bridgehead atoms. The standard InChI is InChI=1S/C16H23NO2/c1-12(2)15(10-18)17(3)9-8-13-11-19-16-7-5-4-6-14(13)16/h4-7,11-12,15,18H,8-10H2,1-3H3. The van der Waals surface area contributed by atoms with Gasteiger partial charge in [0.05, 0.1) is 12.9 Å². The zero-order valence-electron chi connectivity index (χ0n) is 12.0. The van der Waals surface area contributed by atoms with Crippen molar-refractivity contribution in [3.8, 4) is 0 Å². The van der Waals surface area contributed by atoms with Crippen LogP contribution in [0.1, 0.15) is 19.4 Å². The van der Waals surface area contributed by atoms with Crippen LogP contribution in [0.15, 0.2) is 34.9 Å². The molecule has 0 saturated carbocycles. The predicted octanol–water partition coefficient (Wildman–Crippen LogP) is 2.92. The van der Waals surface area contributed by atoms with E-state index in [9.17, 15) is 5.11 Å². The van der Waals surface area contributed by atoms with Crippen LogP contribution in [-0.2, 0) is 6.42 Å². The number of hydrogen-bond acceptors (Lipinski definition) is 3. The second kappa shape index (κ2) is 6.22. The Morgan fingerprint density at radius 3 is 2.68 bits per heavy atom. The number of aliphatic hydroxyl groups is 1. The van der Waals surface area contributed by atoms with E-state index in [1.807, 2.05) is 24.5 Å². The van der Waals surface area contributed by atoms with E-state index in [0.717, 1.165) is 18.5 Å². The van der Waals surface area contributed by atoms with Gasteiger partial charge in [0.2, 0.25) is 0 Å². The number of rotatable bonds is 6. The largest absolute Gasteiger partial charge is 0.464 e. The molecule has 0 amide bonds. The fourth-order valence-electron chi connectivity index (χ4n) is 2.55. The summed E-state index contributed by atoms with van der Waals surface area (Å²) in [6.07, 6.45) is 2.79. The molecule has 3 nitrogen and oxygen atoms in total. The van der Waals surface area contributed by atoms with Gasteiger partial charge in [0, 0.05) is 18.0 Å². The molecular weight excluding hydrogens is 238 g/mol. The van der Waals surface area contributed by atoms with Crippen LogP contribution in [0.4, 0.5) is 0 Å². The first kappa shape index (κ1) is 14.1. The smallest absolute Gasteiger partial charge is 0.134 e. The SMILES string of the molecule is CC(C)C(CO)N(C)CCc1coc2ccccc12. The van der Waals surface area contributed by atoms with Gasteiger partial charge in [0.15, 0.2) is 0 Å². The van der Waals surface area contributed by atoms with Crippen LogP contribution < -0.4 is 0 Å². The molecule has 0 aliphatic carbocycles. The first-order valence-corrected chi connectivity index (χ1v) is 6.89. The Balaban J connectivity index is 2.02. The lowest BCUT2D eigenvalue weighted by molar-refractivity contribution is 0.114. The maximum atomic E-state index is 9.44. The average molecular weight is 261 g/mol. The lowest BCUT2D eigenvalue weighted by Crippen LogP contribution is -2.39. The highest BCUT2D eigenvalue weighted by atomic mass is 16.3. The van der Waals surface area contributed by atoms with Crippen LogP contribution in [0.3, 0.4) is 0 Å². The van der Waals surface area contributed by atoms with E-state index in [1.165, 1.54) is 10.9 Å². The Hall–Kier alpha value is -1.32. The topological polar surface area (TPSA) is 36.6 Å². The maximum Gasteiger partial charge on any atom is 0.134 e. The molecule has 0 spiro atoms. The second-order valence-corrected chi connectivity index (χ2v) is 5.48. The maximum absolute atomic E-state index is 9.44. The van der Waals surface area contributed by atoms with Crippen molar-refractivity contribution in [1.82, 2.24) is 4.90 Å². The number of fused-ring (bicyclic) bond motifs is 1. The van der Waals surface area contributed by atoms with Crippen LogP contribution in [0, 0.1) is 5.92 Å². The molecule has 3 heteroatoms. The van der Waals surface area contributed by atoms with Crippen molar-refractivity contribution in [2.75, 3.05) is 20.2 Å². The number of likely N-dealkylation sites (N-methyl/N-ethyl adjacent to an activating group) is 1. The summed E-state index contributed by atoms with van der Waals surface area (Å²) in [5, 5.41) is 10.6. The monoisotopic (exact) mass is 261 g/mol. The second-order valence-electron chi connectivity index (χ2n) is 5.48. The van der Waals surface area contributed by atoms with Crippen molar-refractivity contribution in [3.63, 3.8) is 0 Å². The highest BCUT2D eigenvalue weighted by molar-refractivity contribution is 5.80. The van der Waals surface area contributed by atoms with E-state index < -0.39 is 0 Å². The highest BCUT2D eigenvalue weighted by Crippen LogP contribution is 2.21. The molecule has 19 heavy (non-hydrogen) atoms. The van der Waals surface area contributed by atoms with E-state index in [2.05, 4.69) is 31.9 Å². The molecule has 2 rings (SSSR count). The summed E-state index contributed by atoms with van der Waals surface area (Å²) in [4.78, 5) is 2.23. The number of hydrogen-bond donors (Lipinski definition) is 1. The van der Waals surface area contributed by atoms with Gasteiger partial charge in [-0.2, -0.15) is 0 Å². The molecule has 0 aliphatic heterocycles.